The SMILES string of the molecule is C=CC[C@@H](O)CCCCOCc1ccc(OC)cc1. The average molecular weight is 264 g/mol. The van der Waals surface area contributed by atoms with Crippen molar-refractivity contribution in [1.29, 1.82) is 0 Å². The highest BCUT2D eigenvalue weighted by Crippen LogP contribution is 2.12. The Morgan fingerprint density at radius 2 is 2.00 bits per heavy atom. The fraction of sp³-hybridized carbons (Fsp3) is 0.500. The first kappa shape index (κ1) is 15.7. The van der Waals surface area contributed by atoms with Crippen LogP contribution in [-0.4, -0.2) is 24.9 Å². The molecule has 3 heteroatoms. The molecule has 0 unspecified atom stereocenters. The smallest absolute Gasteiger partial charge is 0.118 e. The van der Waals surface area contributed by atoms with Crippen LogP contribution in [0.15, 0.2) is 36.9 Å². The van der Waals surface area contributed by atoms with Gasteiger partial charge >= 0.3 is 0 Å². The van der Waals surface area contributed by atoms with E-state index in [-0.39, 0.29) is 6.10 Å². The second-order valence-electron chi connectivity index (χ2n) is 4.57. The molecule has 0 aliphatic rings. The van der Waals surface area contributed by atoms with Gasteiger partial charge < -0.3 is 14.6 Å². The summed E-state index contributed by atoms with van der Waals surface area (Å²) in [6.07, 6.45) is 4.95. The first-order chi connectivity index (χ1) is 9.26. The van der Waals surface area contributed by atoms with Gasteiger partial charge in [-0.3, -0.25) is 0 Å². The number of hydrogen-bond donors (Lipinski definition) is 1. The van der Waals surface area contributed by atoms with E-state index in [1.54, 1.807) is 13.2 Å². The molecule has 1 N–H and O–H groups in total. The van der Waals surface area contributed by atoms with Crippen molar-refractivity contribution < 1.29 is 14.6 Å². The fourth-order valence-corrected chi connectivity index (χ4v) is 1.81. The summed E-state index contributed by atoms with van der Waals surface area (Å²) >= 11 is 0. The van der Waals surface area contributed by atoms with Gasteiger partial charge in [0.25, 0.3) is 0 Å². The minimum atomic E-state index is -0.251. The van der Waals surface area contributed by atoms with Crippen LogP contribution in [-0.2, 0) is 11.3 Å². The predicted octanol–water partition coefficient (Wildman–Crippen LogP) is 3.32. The van der Waals surface area contributed by atoms with Crippen molar-refractivity contribution in [3.63, 3.8) is 0 Å². The maximum atomic E-state index is 9.51. The molecule has 1 aromatic carbocycles. The van der Waals surface area contributed by atoms with Crippen molar-refractivity contribution in [1.82, 2.24) is 0 Å². The zero-order valence-electron chi connectivity index (χ0n) is 11.7. The topological polar surface area (TPSA) is 38.7 Å². The Balaban J connectivity index is 2.05. The third kappa shape index (κ3) is 6.99. The maximum absolute atomic E-state index is 9.51. The van der Waals surface area contributed by atoms with E-state index in [9.17, 15) is 5.11 Å². The third-order valence-corrected chi connectivity index (χ3v) is 2.94. The van der Waals surface area contributed by atoms with Gasteiger partial charge in [0.1, 0.15) is 5.75 Å². The summed E-state index contributed by atoms with van der Waals surface area (Å²) < 4.78 is 10.7. The summed E-state index contributed by atoms with van der Waals surface area (Å²) in [5, 5.41) is 9.51. The second kappa shape index (κ2) is 9.59. The van der Waals surface area contributed by atoms with Crippen LogP contribution in [0.3, 0.4) is 0 Å². The lowest BCUT2D eigenvalue weighted by molar-refractivity contribution is 0.110. The first-order valence-corrected chi connectivity index (χ1v) is 6.76. The molecule has 0 fully saturated rings. The van der Waals surface area contributed by atoms with Gasteiger partial charge in [0.05, 0.1) is 19.8 Å². The first-order valence-electron chi connectivity index (χ1n) is 6.76. The van der Waals surface area contributed by atoms with Crippen LogP contribution in [0, 0.1) is 0 Å². The van der Waals surface area contributed by atoms with E-state index in [0.29, 0.717) is 13.0 Å². The Bertz CT molecular complexity index is 346. The highest BCUT2D eigenvalue weighted by atomic mass is 16.5. The molecule has 0 aliphatic carbocycles. The van der Waals surface area contributed by atoms with E-state index < -0.39 is 0 Å². The molecule has 0 saturated carbocycles. The summed E-state index contributed by atoms with van der Waals surface area (Å²) in [5.74, 6) is 0.861. The summed E-state index contributed by atoms with van der Waals surface area (Å²) in [7, 11) is 1.66. The largest absolute Gasteiger partial charge is 0.497 e. The summed E-state index contributed by atoms with van der Waals surface area (Å²) in [6.45, 7) is 4.96. The Hall–Kier alpha value is -1.32. The van der Waals surface area contributed by atoms with E-state index in [1.807, 2.05) is 24.3 Å². The van der Waals surface area contributed by atoms with Crippen LogP contribution in [0.4, 0.5) is 0 Å². The van der Waals surface area contributed by atoms with E-state index >= 15 is 0 Å². The molecule has 0 spiro atoms. The number of ether oxygens (including phenoxy) is 2. The molecule has 0 aliphatic heterocycles. The predicted molar refractivity (Wildman–Crippen MR) is 77.3 cm³/mol. The van der Waals surface area contributed by atoms with Crippen LogP contribution >= 0.6 is 0 Å². The molecular formula is C16H24O3. The van der Waals surface area contributed by atoms with E-state index in [4.69, 9.17) is 9.47 Å². The van der Waals surface area contributed by atoms with E-state index in [1.165, 1.54) is 0 Å². The Morgan fingerprint density at radius 3 is 2.63 bits per heavy atom. The number of rotatable bonds is 10. The summed E-state index contributed by atoms with van der Waals surface area (Å²) in [4.78, 5) is 0. The zero-order valence-corrected chi connectivity index (χ0v) is 11.7. The van der Waals surface area contributed by atoms with Crippen molar-refractivity contribution in [2.24, 2.45) is 0 Å². The Labute approximate surface area is 115 Å². The third-order valence-electron chi connectivity index (χ3n) is 2.94. The normalized spacial score (nSPS) is 12.1. The number of benzene rings is 1. The Kier molecular flexibility index (Phi) is 7.94. The number of methoxy groups -OCH3 is 1. The van der Waals surface area contributed by atoms with Crippen LogP contribution in [0.1, 0.15) is 31.2 Å². The lowest BCUT2D eigenvalue weighted by Gasteiger charge is -2.08. The number of hydrogen-bond acceptors (Lipinski definition) is 3. The van der Waals surface area contributed by atoms with E-state index in [0.717, 1.165) is 37.2 Å². The molecule has 1 atom stereocenters. The summed E-state index contributed by atoms with van der Waals surface area (Å²) in [5.41, 5.74) is 1.15. The molecule has 0 bridgehead atoms. The van der Waals surface area contributed by atoms with Crippen LogP contribution < -0.4 is 4.74 Å². The van der Waals surface area contributed by atoms with E-state index in [2.05, 4.69) is 6.58 Å². The number of aliphatic hydroxyl groups excluding tert-OH is 1. The van der Waals surface area contributed by atoms with Gasteiger partial charge in [0.2, 0.25) is 0 Å². The van der Waals surface area contributed by atoms with Gasteiger partial charge in [-0.2, -0.15) is 0 Å². The molecule has 0 radical (unpaired) electrons. The number of unbranched alkanes of at least 4 members (excludes halogenated alkanes) is 1. The van der Waals surface area contributed by atoms with Crippen molar-refractivity contribution in [2.75, 3.05) is 13.7 Å². The lowest BCUT2D eigenvalue weighted by Crippen LogP contribution is -2.05. The molecule has 0 amide bonds. The van der Waals surface area contributed by atoms with Crippen LogP contribution in [0.2, 0.25) is 0 Å². The number of aliphatic hydroxyl groups is 1. The quantitative estimate of drug-likeness (QED) is 0.520. The molecule has 1 aromatic rings. The molecule has 0 aromatic heterocycles. The van der Waals surface area contributed by atoms with Crippen molar-refractivity contribution in [3.8, 4) is 5.75 Å². The lowest BCUT2D eigenvalue weighted by atomic mass is 10.1. The molecular weight excluding hydrogens is 240 g/mol. The van der Waals surface area contributed by atoms with Gasteiger partial charge in [0.15, 0.2) is 0 Å². The average Bonchev–Trinajstić information content (AvgIpc) is 2.43. The molecule has 0 saturated heterocycles. The minimum absolute atomic E-state index is 0.251. The minimum Gasteiger partial charge on any atom is -0.497 e. The molecule has 3 nitrogen and oxygen atoms in total. The Morgan fingerprint density at radius 1 is 1.26 bits per heavy atom. The fourth-order valence-electron chi connectivity index (χ4n) is 1.81. The van der Waals surface area contributed by atoms with Gasteiger partial charge in [-0.1, -0.05) is 18.2 Å². The standard InChI is InChI=1S/C16H24O3/c1-3-6-15(17)7-4-5-12-19-13-14-8-10-16(18-2)11-9-14/h3,8-11,15,17H,1,4-7,12-13H2,2H3/t15-/m1/s1. The second-order valence-corrected chi connectivity index (χ2v) is 4.57. The van der Waals surface area contributed by atoms with Crippen molar-refractivity contribution in [3.05, 3.63) is 42.5 Å². The zero-order chi connectivity index (χ0) is 13.9. The highest BCUT2D eigenvalue weighted by Gasteiger charge is 2.01. The van der Waals surface area contributed by atoms with Gasteiger partial charge in [-0.15, -0.1) is 6.58 Å². The molecule has 19 heavy (non-hydrogen) atoms. The van der Waals surface area contributed by atoms with Crippen LogP contribution in [0.25, 0.3) is 0 Å². The summed E-state index contributed by atoms with van der Waals surface area (Å²) in [6, 6.07) is 7.88. The van der Waals surface area contributed by atoms with Crippen molar-refractivity contribution in [2.45, 2.75) is 38.4 Å². The monoisotopic (exact) mass is 264 g/mol. The maximum Gasteiger partial charge on any atom is 0.118 e. The van der Waals surface area contributed by atoms with Crippen LogP contribution in [0.5, 0.6) is 5.75 Å². The molecule has 0 heterocycles. The van der Waals surface area contributed by atoms with Gasteiger partial charge in [-0.05, 0) is 43.4 Å². The van der Waals surface area contributed by atoms with Crippen molar-refractivity contribution >= 4 is 0 Å². The van der Waals surface area contributed by atoms with Gasteiger partial charge in [-0.25, -0.2) is 0 Å². The molecule has 1 rings (SSSR count). The molecule has 106 valence electrons. The van der Waals surface area contributed by atoms with Gasteiger partial charge in [0, 0.05) is 6.61 Å². The highest BCUT2D eigenvalue weighted by molar-refractivity contribution is 5.26.